The molecule has 1 amide bonds. The standard InChI is InChI=1S/C21H24N6O2/c1-13-10-16-11-14(2-3-17(16)29-13)21(28)26-8-4-15(12-26)18-19-20(24-7-6-23-19)27(25-18)9-5-22/h2-3,6-7,11,13,15H,4-5,8-10,12,22H2,1H3. The van der Waals surface area contributed by atoms with E-state index < -0.39 is 0 Å². The summed E-state index contributed by atoms with van der Waals surface area (Å²) < 4.78 is 7.57. The fraction of sp³-hybridized carbons (Fsp3) is 0.429. The Bertz CT molecular complexity index is 1080. The van der Waals surface area contributed by atoms with Crippen molar-refractivity contribution in [1.29, 1.82) is 0 Å². The van der Waals surface area contributed by atoms with Crippen LogP contribution >= 0.6 is 0 Å². The Hall–Kier alpha value is -3.00. The molecule has 2 N–H and O–H groups in total. The van der Waals surface area contributed by atoms with Crippen molar-refractivity contribution < 1.29 is 9.53 Å². The molecule has 5 rings (SSSR count). The Balaban J connectivity index is 1.37. The molecule has 2 aromatic heterocycles. The number of aromatic nitrogens is 4. The van der Waals surface area contributed by atoms with Crippen molar-refractivity contribution in [2.45, 2.75) is 38.3 Å². The van der Waals surface area contributed by atoms with E-state index in [1.54, 1.807) is 12.4 Å². The van der Waals surface area contributed by atoms with Crippen LogP contribution in [0.1, 0.15) is 40.9 Å². The number of rotatable bonds is 4. The highest BCUT2D eigenvalue weighted by molar-refractivity contribution is 5.95. The van der Waals surface area contributed by atoms with Gasteiger partial charge in [0.2, 0.25) is 0 Å². The molecule has 0 bridgehead atoms. The number of carbonyl (C=O) groups excluding carboxylic acids is 1. The van der Waals surface area contributed by atoms with E-state index in [0.717, 1.165) is 46.6 Å². The molecular weight excluding hydrogens is 368 g/mol. The highest BCUT2D eigenvalue weighted by atomic mass is 16.5. The molecule has 1 fully saturated rings. The zero-order chi connectivity index (χ0) is 20.0. The lowest BCUT2D eigenvalue weighted by Crippen LogP contribution is -2.28. The molecule has 3 aromatic rings. The van der Waals surface area contributed by atoms with Crippen LogP contribution in [0, 0.1) is 0 Å². The molecular formula is C21H24N6O2. The molecule has 29 heavy (non-hydrogen) atoms. The first-order chi connectivity index (χ1) is 14.1. The number of fused-ring (bicyclic) bond motifs is 2. The van der Waals surface area contributed by atoms with Gasteiger partial charge in [0, 0.05) is 49.9 Å². The minimum Gasteiger partial charge on any atom is -0.490 e. The quantitative estimate of drug-likeness (QED) is 0.726. The molecule has 0 spiro atoms. The molecule has 8 nitrogen and oxygen atoms in total. The minimum absolute atomic E-state index is 0.0617. The summed E-state index contributed by atoms with van der Waals surface area (Å²) in [5.74, 6) is 1.10. The fourth-order valence-corrected chi connectivity index (χ4v) is 4.38. The van der Waals surface area contributed by atoms with Gasteiger partial charge in [0.1, 0.15) is 17.4 Å². The van der Waals surface area contributed by atoms with Gasteiger partial charge in [0.05, 0.1) is 12.2 Å². The summed E-state index contributed by atoms with van der Waals surface area (Å²) >= 11 is 0. The second kappa shape index (κ2) is 7.11. The third-order valence-corrected chi connectivity index (χ3v) is 5.74. The second-order valence-corrected chi connectivity index (χ2v) is 7.82. The summed E-state index contributed by atoms with van der Waals surface area (Å²) in [7, 11) is 0. The summed E-state index contributed by atoms with van der Waals surface area (Å²) in [6.07, 6.45) is 5.24. The highest BCUT2D eigenvalue weighted by Crippen LogP contribution is 2.33. The molecule has 4 heterocycles. The van der Waals surface area contributed by atoms with Gasteiger partial charge >= 0.3 is 0 Å². The second-order valence-electron chi connectivity index (χ2n) is 7.82. The topological polar surface area (TPSA) is 99.2 Å². The van der Waals surface area contributed by atoms with Crippen LogP contribution < -0.4 is 10.5 Å². The molecule has 2 aliphatic heterocycles. The molecule has 0 saturated carbocycles. The first-order valence-electron chi connectivity index (χ1n) is 10.1. The lowest BCUT2D eigenvalue weighted by molar-refractivity contribution is 0.0790. The Morgan fingerprint density at radius 2 is 2.17 bits per heavy atom. The van der Waals surface area contributed by atoms with E-state index in [9.17, 15) is 4.79 Å². The zero-order valence-electron chi connectivity index (χ0n) is 16.4. The summed E-state index contributed by atoms with van der Waals surface area (Å²) in [5, 5.41) is 4.74. The van der Waals surface area contributed by atoms with Crippen LogP contribution in [0.2, 0.25) is 0 Å². The number of benzene rings is 1. The van der Waals surface area contributed by atoms with Gasteiger partial charge in [0.15, 0.2) is 5.65 Å². The number of likely N-dealkylation sites (tertiary alicyclic amines) is 1. The Labute approximate surface area is 168 Å². The van der Waals surface area contributed by atoms with Crippen LogP contribution in [0.15, 0.2) is 30.6 Å². The summed E-state index contributed by atoms with van der Waals surface area (Å²) in [4.78, 5) is 23.9. The normalized spacial score (nSPS) is 20.8. The molecule has 0 aliphatic carbocycles. The number of nitrogens with two attached hydrogens (primary N) is 1. The lowest BCUT2D eigenvalue weighted by Gasteiger charge is -2.16. The van der Waals surface area contributed by atoms with Crippen molar-refractivity contribution >= 4 is 17.1 Å². The number of nitrogens with zero attached hydrogens (tertiary/aromatic N) is 5. The average molecular weight is 392 g/mol. The first kappa shape index (κ1) is 18.1. The van der Waals surface area contributed by atoms with Gasteiger partial charge in [-0.15, -0.1) is 0 Å². The van der Waals surface area contributed by atoms with Crippen LogP contribution in [0.5, 0.6) is 5.75 Å². The fourth-order valence-electron chi connectivity index (χ4n) is 4.38. The molecule has 1 saturated heterocycles. The van der Waals surface area contributed by atoms with E-state index in [2.05, 4.69) is 9.97 Å². The van der Waals surface area contributed by atoms with E-state index >= 15 is 0 Å². The number of ether oxygens (including phenoxy) is 1. The molecule has 1 aromatic carbocycles. The van der Waals surface area contributed by atoms with Gasteiger partial charge in [-0.05, 0) is 37.1 Å². The maximum absolute atomic E-state index is 13.1. The summed E-state index contributed by atoms with van der Waals surface area (Å²) in [6, 6.07) is 5.76. The molecule has 8 heteroatoms. The van der Waals surface area contributed by atoms with Crippen molar-refractivity contribution in [2.24, 2.45) is 5.73 Å². The molecule has 150 valence electrons. The Morgan fingerprint density at radius 3 is 3.03 bits per heavy atom. The average Bonchev–Trinajstić information content (AvgIpc) is 3.43. The van der Waals surface area contributed by atoms with E-state index in [0.29, 0.717) is 26.2 Å². The SMILES string of the molecule is CC1Cc2cc(C(=O)N3CCC(c4nn(CCN)c5nccnc45)C3)ccc2O1. The summed E-state index contributed by atoms with van der Waals surface area (Å²) in [6.45, 7) is 4.47. The predicted molar refractivity (Wildman–Crippen MR) is 108 cm³/mol. The van der Waals surface area contributed by atoms with E-state index in [1.807, 2.05) is 34.7 Å². The van der Waals surface area contributed by atoms with E-state index in [-0.39, 0.29) is 17.9 Å². The molecule has 2 aliphatic rings. The van der Waals surface area contributed by atoms with Crippen LogP contribution in [-0.4, -0.2) is 56.3 Å². The van der Waals surface area contributed by atoms with Crippen molar-refractivity contribution in [1.82, 2.24) is 24.6 Å². The van der Waals surface area contributed by atoms with Gasteiger partial charge in [-0.3, -0.25) is 4.79 Å². The van der Waals surface area contributed by atoms with Crippen LogP contribution in [-0.2, 0) is 13.0 Å². The molecule has 2 atom stereocenters. The maximum Gasteiger partial charge on any atom is 0.253 e. The van der Waals surface area contributed by atoms with Crippen molar-refractivity contribution in [3.63, 3.8) is 0 Å². The van der Waals surface area contributed by atoms with Gasteiger partial charge in [0.25, 0.3) is 5.91 Å². The van der Waals surface area contributed by atoms with Crippen molar-refractivity contribution in [3.05, 3.63) is 47.4 Å². The largest absolute Gasteiger partial charge is 0.490 e. The zero-order valence-corrected chi connectivity index (χ0v) is 16.4. The van der Waals surface area contributed by atoms with Crippen molar-refractivity contribution in [3.8, 4) is 5.75 Å². The van der Waals surface area contributed by atoms with Gasteiger partial charge in [-0.1, -0.05) is 0 Å². The highest BCUT2D eigenvalue weighted by Gasteiger charge is 2.32. The van der Waals surface area contributed by atoms with Crippen LogP contribution in [0.25, 0.3) is 11.2 Å². The number of carbonyl (C=O) groups is 1. The van der Waals surface area contributed by atoms with Gasteiger partial charge in [-0.25, -0.2) is 14.6 Å². The van der Waals surface area contributed by atoms with Gasteiger partial charge < -0.3 is 15.4 Å². The molecule has 0 radical (unpaired) electrons. The third kappa shape index (κ3) is 3.13. The van der Waals surface area contributed by atoms with Crippen LogP contribution in [0.4, 0.5) is 0 Å². The van der Waals surface area contributed by atoms with Gasteiger partial charge in [-0.2, -0.15) is 5.10 Å². The predicted octanol–water partition coefficient (Wildman–Crippen LogP) is 1.74. The number of hydrogen-bond donors (Lipinski definition) is 1. The summed E-state index contributed by atoms with van der Waals surface area (Å²) in [5.41, 5.74) is 10.0. The monoisotopic (exact) mass is 392 g/mol. The third-order valence-electron chi connectivity index (χ3n) is 5.74. The number of hydrogen-bond acceptors (Lipinski definition) is 6. The Kier molecular flexibility index (Phi) is 4.43. The minimum atomic E-state index is 0.0617. The maximum atomic E-state index is 13.1. The van der Waals surface area contributed by atoms with Crippen molar-refractivity contribution in [2.75, 3.05) is 19.6 Å². The first-order valence-corrected chi connectivity index (χ1v) is 10.1. The van der Waals surface area contributed by atoms with E-state index in [4.69, 9.17) is 15.6 Å². The molecule has 2 unspecified atom stereocenters. The van der Waals surface area contributed by atoms with Crippen LogP contribution in [0.3, 0.4) is 0 Å². The van der Waals surface area contributed by atoms with E-state index in [1.165, 1.54) is 0 Å². The lowest BCUT2D eigenvalue weighted by atomic mass is 10.0. The number of amides is 1. The Morgan fingerprint density at radius 1 is 1.31 bits per heavy atom. The smallest absolute Gasteiger partial charge is 0.253 e.